The Morgan fingerprint density at radius 3 is 2.37 bits per heavy atom. The lowest BCUT2D eigenvalue weighted by atomic mass is 9.61. The van der Waals surface area contributed by atoms with Gasteiger partial charge in [-0.3, -0.25) is 14.8 Å². The molecule has 35 heavy (non-hydrogen) atoms. The van der Waals surface area contributed by atoms with Crippen LogP contribution in [-0.2, 0) is 6.54 Å². The standard InChI is InChI=1S/C29H39N5O/c1-21(2)33-13-15-34(16-14-33)24-5-3-22(4-6-24)28-26-17-23(31-27(26)7-10-30-28)20-32-11-8-29(9-12-32)18-25(35)19-29/h3-7,10,17,21,25,31,35H,8-9,11-16,18-20H2,1-2H3. The summed E-state index contributed by atoms with van der Waals surface area (Å²) in [4.78, 5) is 16.0. The molecule has 1 saturated carbocycles. The van der Waals surface area contributed by atoms with Crippen molar-refractivity contribution in [2.75, 3.05) is 44.2 Å². The topological polar surface area (TPSA) is 58.6 Å². The van der Waals surface area contributed by atoms with Crippen LogP contribution in [0.3, 0.4) is 0 Å². The van der Waals surface area contributed by atoms with Gasteiger partial charge in [0.25, 0.3) is 0 Å². The smallest absolute Gasteiger partial charge is 0.0795 e. The molecule has 3 aliphatic rings. The third-order valence-electron chi connectivity index (χ3n) is 8.80. The first-order valence-electron chi connectivity index (χ1n) is 13.4. The first kappa shape index (κ1) is 23.0. The molecule has 0 radical (unpaired) electrons. The lowest BCUT2D eigenvalue weighted by Crippen LogP contribution is -2.48. The molecule has 1 aliphatic carbocycles. The Bertz CT molecular complexity index is 1150. The molecule has 3 fully saturated rings. The molecule has 0 unspecified atom stereocenters. The summed E-state index contributed by atoms with van der Waals surface area (Å²) in [6.45, 7) is 12.2. The van der Waals surface area contributed by atoms with Crippen molar-refractivity contribution >= 4 is 16.6 Å². The van der Waals surface area contributed by atoms with Gasteiger partial charge in [0.1, 0.15) is 0 Å². The first-order valence-corrected chi connectivity index (χ1v) is 13.4. The maximum atomic E-state index is 9.75. The van der Waals surface area contributed by atoms with Crippen LogP contribution in [0.15, 0.2) is 42.6 Å². The summed E-state index contributed by atoms with van der Waals surface area (Å²) in [6, 6.07) is 14.0. The minimum Gasteiger partial charge on any atom is -0.393 e. The number of nitrogens with zero attached hydrogens (tertiary/aromatic N) is 4. The van der Waals surface area contributed by atoms with E-state index >= 15 is 0 Å². The Morgan fingerprint density at radius 2 is 1.71 bits per heavy atom. The number of H-pyrrole nitrogens is 1. The molecule has 3 aromatic rings. The minimum atomic E-state index is -0.0506. The van der Waals surface area contributed by atoms with E-state index in [9.17, 15) is 5.11 Å². The minimum absolute atomic E-state index is 0.0506. The number of hydrogen-bond acceptors (Lipinski definition) is 5. The highest BCUT2D eigenvalue weighted by atomic mass is 16.3. The lowest BCUT2D eigenvalue weighted by molar-refractivity contribution is -0.0691. The number of rotatable bonds is 5. The SMILES string of the molecule is CC(C)N1CCN(c2ccc(-c3nccc4[nH]c(CN5CCC6(CC5)CC(O)C6)cc34)cc2)CC1. The largest absolute Gasteiger partial charge is 0.393 e. The highest BCUT2D eigenvalue weighted by Gasteiger charge is 2.44. The average molecular weight is 474 g/mol. The maximum absolute atomic E-state index is 9.75. The van der Waals surface area contributed by atoms with E-state index in [0.717, 1.165) is 69.9 Å². The van der Waals surface area contributed by atoms with Crippen LogP contribution < -0.4 is 4.90 Å². The normalized spacial score (nSPS) is 21.8. The van der Waals surface area contributed by atoms with Crippen molar-refractivity contribution in [1.29, 1.82) is 0 Å². The fourth-order valence-corrected chi connectivity index (χ4v) is 6.53. The number of piperidine rings is 1. The third kappa shape index (κ3) is 4.59. The van der Waals surface area contributed by atoms with Gasteiger partial charge >= 0.3 is 0 Å². The number of aromatic nitrogens is 2. The van der Waals surface area contributed by atoms with Gasteiger partial charge in [0.2, 0.25) is 0 Å². The van der Waals surface area contributed by atoms with Crippen LogP contribution in [0.25, 0.3) is 22.2 Å². The molecule has 6 nitrogen and oxygen atoms in total. The molecular weight excluding hydrogens is 434 g/mol. The van der Waals surface area contributed by atoms with Gasteiger partial charge in [-0.05, 0) is 82.3 Å². The van der Waals surface area contributed by atoms with E-state index in [4.69, 9.17) is 4.98 Å². The van der Waals surface area contributed by atoms with Crippen molar-refractivity contribution in [2.45, 2.75) is 58.2 Å². The van der Waals surface area contributed by atoms with Crippen molar-refractivity contribution < 1.29 is 5.11 Å². The number of anilines is 1. The van der Waals surface area contributed by atoms with E-state index < -0.39 is 0 Å². The molecule has 2 aliphatic heterocycles. The van der Waals surface area contributed by atoms with E-state index in [1.807, 2.05) is 6.20 Å². The second-order valence-electron chi connectivity index (χ2n) is 11.4. The third-order valence-corrected chi connectivity index (χ3v) is 8.80. The average Bonchev–Trinajstić information content (AvgIpc) is 3.27. The monoisotopic (exact) mass is 473 g/mol. The number of hydrogen-bond donors (Lipinski definition) is 2. The summed E-state index contributed by atoms with van der Waals surface area (Å²) in [5.41, 5.74) is 6.40. The Kier molecular flexibility index (Phi) is 6.07. The van der Waals surface area contributed by atoms with Crippen molar-refractivity contribution in [3.63, 3.8) is 0 Å². The van der Waals surface area contributed by atoms with E-state index in [-0.39, 0.29) is 6.10 Å². The molecule has 0 amide bonds. The number of aromatic amines is 1. The van der Waals surface area contributed by atoms with Gasteiger partial charge in [0.15, 0.2) is 0 Å². The molecule has 186 valence electrons. The highest BCUT2D eigenvalue weighted by molar-refractivity contribution is 5.93. The summed E-state index contributed by atoms with van der Waals surface area (Å²) in [7, 11) is 0. The van der Waals surface area contributed by atoms with E-state index in [2.05, 4.69) is 69.9 Å². The molecule has 2 saturated heterocycles. The predicted molar refractivity (Wildman–Crippen MR) is 143 cm³/mol. The number of likely N-dealkylation sites (tertiary alicyclic amines) is 1. The quantitative estimate of drug-likeness (QED) is 0.572. The van der Waals surface area contributed by atoms with Crippen LogP contribution in [0.4, 0.5) is 5.69 Å². The zero-order chi connectivity index (χ0) is 24.0. The van der Waals surface area contributed by atoms with E-state index in [1.54, 1.807) is 0 Å². The highest BCUT2D eigenvalue weighted by Crippen LogP contribution is 2.49. The van der Waals surface area contributed by atoms with Crippen LogP contribution >= 0.6 is 0 Å². The zero-order valence-corrected chi connectivity index (χ0v) is 21.2. The van der Waals surface area contributed by atoms with Crippen LogP contribution in [-0.4, -0.2) is 76.3 Å². The molecule has 1 spiro atoms. The van der Waals surface area contributed by atoms with Crippen LogP contribution in [0.2, 0.25) is 0 Å². The van der Waals surface area contributed by atoms with Gasteiger partial charge < -0.3 is 15.0 Å². The molecule has 1 aromatic carbocycles. The number of piperazine rings is 1. The van der Waals surface area contributed by atoms with Crippen molar-refractivity contribution in [3.05, 3.63) is 48.3 Å². The number of nitrogens with one attached hydrogen (secondary N) is 1. The molecule has 6 heteroatoms. The summed E-state index contributed by atoms with van der Waals surface area (Å²) in [5.74, 6) is 0. The Morgan fingerprint density at radius 1 is 1.00 bits per heavy atom. The van der Waals surface area contributed by atoms with Gasteiger partial charge in [-0.2, -0.15) is 0 Å². The Balaban J connectivity index is 1.14. The van der Waals surface area contributed by atoms with E-state index in [1.165, 1.54) is 35.2 Å². The molecule has 0 atom stereocenters. The second kappa shape index (κ2) is 9.23. The van der Waals surface area contributed by atoms with Crippen LogP contribution in [0.1, 0.15) is 45.2 Å². The van der Waals surface area contributed by atoms with E-state index in [0.29, 0.717) is 11.5 Å². The molecule has 4 heterocycles. The number of pyridine rings is 1. The fraction of sp³-hybridized carbons (Fsp3) is 0.552. The molecule has 2 N–H and O–H groups in total. The predicted octanol–water partition coefficient (Wildman–Crippen LogP) is 4.50. The summed E-state index contributed by atoms with van der Waals surface area (Å²) in [5, 5.41) is 11.0. The van der Waals surface area contributed by atoms with Gasteiger partial charge in [0.05, 0.1) is 11.8 Å². The number of fused-ring (bicyclic) bond motifs is 1. The van der Waals surface area contributed by atoms with Crippen molar-refractivity contribution in [3.8, 4) is 11.3 Å². The van der Waals surface area contributed by atoms with Gasteiger partial charge in [-0.25, -0.2) is 0 Å². The van der Waals surface area contributed by atoms with Gasteiger partial charge in [-0.1, -0.05) is 12.1 Å². The van der Waals surface area contributed by atoms with Gasteiger partial charge in [0, 0.05) is 72.8 Å². The maximum Gasteiger partial charge on any atom is 0.0795 e. The summed E-state index contributed by atoms with van der Waals surface area (Å²) < 4.78 is 0. The second-order valence-corrected chi connectivity index (χ2v) is 11.4. The summed E-state index contributed by atoms with van der Waals surface area (Å²) in [6.07, 6.45) is 6.32. The molecule has 2 aromatic heterocycles. The van der Waals surface area contributed by atoms with Crippen molar-refractivity contribution in [2.24, 2.45) is 5.41 Å². The van der Waals surface area contributed by atoms with Crippen molar-refractivity contribution in [1.82, 2.24) is 19.8 Å². The lowest BCUT2D eigenvalue weighted by Gasteiger charge is -2.50. The zero-order valence-electron chi connectivity index (χ0n) is 21.2. The molecule has 6 rings (SSSR count). The first-order chi connectivity index (χ1) is 17.0. The van der Waals surface area contributed by atoms with Crippen LogP contribution in [0.5, 0.6) is 0 Å². The Hall–Kier alpha value is -2.41. The number of benzene rings is 1. The number of aliphatic hydroxyl groups excluding tert-OH is 1. The Labute approximate surface area is 208 Å². The molecular formula is C29H39N5O. The number of aliphatic hydroxyl groups is 1. The fourth-order valence-electron chi connectivity index (χ4n) is 6.53. The summed E-state index contributed by atoms with van der Waals surface area (Å²) >= 11 is 0. The van der Waals surface area contributed by atoms with Crippen LogP contribution in [0, 0.1) is 5.41 Å². The molecule has 0 bridgehead atoms. The van der Waals surface area contributed by atoms with Gasteiger partial charge in [-0.15, -0.1) is 0 Å².